The second kappa shape index (κ2) is 10.6. The van der Waals surface area contributed by atoms with Crippen LogP contribution in [0.1, 0.15) is 18.4 Å². The van der Waals surface area contributed by atoms with Gasteiger partial charge in [-0.25, -0.2) is 9.18 Å². The highest BCUT2D eigenvalue weighted by Crippen LogP contribution is 2.29. The molecule has 7 nitrogen and oxygen atoms in total. The van der Waals surface area contributed by atoms with Gasteiger partial charge in [-0.05, 0) is 42.7 Å². The van der Waals surface area contributed by atoms with Gasteiger partial charge < -0.3 is 15.5 Å². The van der Waals surface area contributed by atoms with Crippen LogP contribution in [-0.2, 0) is 10.5 Å². The number of para-hydroxylation sites is 1. The van der Waals surface area contributed by atoms with Gasteiger partial charge in [0.1, 0.15) is 5.82 Å². The second-order valence-corrected chi connectivity index (χ2v) is 9.54. The van der Waals surface area contributed by atoms with Crippen LogP contribution < -0.4 is 10.6 Å². The molecule has 4 rings (SSSR count). The summed E-state index contributed by atoms with van der Waals surface area (Å²) in [6.07, 6.45) is 1.19. The number of halogens is 1. The zero-order valence-electron chi connectivity index (χ0n) is 17.2. The average molecular weight is 472 g/mol. The number of nitrogens with one attached hydrogen (secondary N) is 2. The topological polar surface area (TPSA) is 87.2 Å². The van der Waals surface area contributed by atoms with Crippen molar-refractivity contribution in [2.24, 2.45) is 5.92 Å². The lowest BCUT2D eigenvalue weighted by molar-refractivity contribution is -0.121. The van der Waals surface area contributed by atoms with E-state index in [1.807, 2.05) is 30.3 Å². The van der Waals surface area contributed by atoms with Gasteiger partial charge in [-0.1, -0.05) is 53.4 Å². The van der Waals surface area contributed by atoms with E-state index in [1.165, 1.54) is 35.2 Å². The Labute approximate surface area is 193 Å². The number of benzene rings is 2. The molecule has 0 saturated carbocycles. The number of aromatic nitrogens is 2. The standard InChI is InChI=1S/C22H22FN5O2S2/c23-17-8-6-15(7-9-17)14-31-22-27-26-20(32-22)25-19(29)16-10-12-28(13-11-16)21(30)24-18-4-2-1-3-5-18/h1-9,16H,10-14H2,(H,24,30)(H,25,26,29). The molecule has 0 aliphatic carbocycles. The average Bonchev–Trinajstić information content (AvgIpc) is 3.26. The Bertz CT molecular complexity index is 1050. The number of nitrogens with zero attached hydrogens (tertiary/aromatic N) is 3. The van der Waals surface area contributed by atoms with E-state index in [-0.39, 0.29) is 23.7 Å². The number of rotatable bonds is 6. The van der Waals surface area contributed by atoms with Crippen LogP contribution in [0.25, 0.3) is 0 Å². The van der Waals surface area contributed by atoms with E-state index in [4.69, 9.17) is 0 Å². The minimum absolute atomic E-state index is 0.0978. The minimum atomic E-state index is -0.262. The molecule has 3 aromatic rings. The summed E-state index contributed by atoms with van der Waals surface area (Å²) in [4.78, 5) is 26.7. The van der Waals surface area contributed by atoms with Crippen molar-refractivity contribution in [2.75, 3.05) is 23.7 Å². The van der Waals surface area contributed by atoms with Gasteiger partial charge in [0, 0.05) is 30.4 Å². The summed E-state index contributed by atoms with van der Waals surface area (Å²) in [5.74, 6) is 0.114. The van der Waals surface area contributed by atoms with Crippen LogP contribution in [0.2, 0.25) is 0 Å². The van der Waals surface area contributed by atoms with Crippen molar-refractivity contribution in [3.8, 4) is 0 Å². The largest absolute Gasteiger partial charge is 0.324 e. The number of piperidine rings is 1. The number of carbonyl (C=O) groups excluding carboxylic acids is 2. The molecule has 1 fully saturated rings. The number of thioether (sulfide) groups is 1. The minimum Gasteiger partial charge on any atom is -0.324 e. The summed E-state index contributed by atoms with van der Waals surface area (Å²) in [5, 5.41) is 14.3. The van der Waals surface area contributed by atoms with Gasteiger partial charge in [0.05, 0.1) is 0 Å². The number of anilines is 2. The predicted octanol–water partition coefficient (Wildman–Crippen LogP) is 4.85. The van der Waals surface area contributed by atoms with E-state index < -0.39 is 0 Å². The van der Waals surface area contributed by atoms with Crippen LogP contribution in [0.15, 0.2) is 58.9 Å². The third-order valence-electron chi connectivity index (χ3n) is 5.09. The first-order chi connectivity index (χ1) is 15.6. The maximum Gasteiger partial charge on any atom is 0.321 e. The maximum atomic E-state index is 13.0. The molecule has 0 radical (unpaired) electrons. The van der Waals surface area contributed by atoms with Crippen molar-refractivity contribution in [1.82, 2.24) is 15.1 Å². The van der Waals surface area contributed by atoms with E-state index in [9.17, 15) is 14.0 Å². The summed E-state index contributed by atoms with van der Waals surface area (Å²) >= 11 is 2.80. The third kappa shape index (κ3) is 6.04. The first-order valence-electron chi connectivity index (χ1n) is 10.2. The summed E-state index contributed by atoms with van der Waals surface area (Å²) in [7, 11) is 0. The number of amides is 3. The molecule has 2 aromatic carbocycles. The molecule has 1 aliphatic rings. The van der Waals surface area contributed by atoms with Crippen LogP contribution in [0, 0.1) is 11.7 Å². The van der Waals surface area contributed by atoms with Crippen molar-refractivity contribution < 1.29 is 14.0 Å². The number of urea groups is 1. The van der Waals surface area contributed by atoms with Crippen molar-refractivity contribution in [3.05, 3.63) is 66.0 Å². The Hall–Kier alpha value is -2.98. The smallest absolute Gasteiger partial charge is 0.321 e. The van der Waals surface area contributed by atoms with Crippen LogP contribution in [0.3, 0.4) is 0 Å². The Balaban J connectivity index is 1.22. The molecule has 1 saturated heterocycles. The molecule has 3 amide bonds. The zero-order valence-corrected chi connectivity index (χ0v) is 18.8. The molecule has 0 bridgehead atoms. The van der Waals surface area contributed by atoms with Crippen molar-refractivity contribution in [1.29, 1.82) is 0 Å². The molecule has 1 aliphatic heterocycles. The third-order valence-corrected chi connectivity index (χ3v) is 7.13. The zero-order chi connectivity index (χ0) is 22.3. The number of hydrogen-bond donors (Lipinski definition) is 2. The van der Waals surface area contributed by atoms with Gasteiger partial charge in [-0.2, -0.15) is 0 Å². The molecular weight excluding hydrogens is 449 g/mol. The molecule has 0 unspecified atom stereocenters. The van der Waals surface area contributed by atoms with Gasteiger partial charge in [-0.3, -0.25) is 4.79 Å². The highest BCUT2D eigenvalue weighted by Gasteiger charge is 2.28. The summed E-state index contributed by atoms with van der Waals surface area (Å²) in [6, 6.07) is 15.5. The molecule has 32 heavy (non-hydrogen) atoms. The van der Waals surface area contributed by atoms with Crippen molar-refractivity contribution in [2.45, 2.75) is 22.9 Å². The van der Waals surface area contributed by atoms with E-state index in [2.05, 4.69) is 20.8 Å². The van der Waals surface area contributed by atoms with Gasteiger partial charge in [0.2, 0.25) is 11.0 Å². The number of hydrogen-bond acceptors (Lipinski definition) is 6. The van der Waals surface area contributed by atoms with E-state index in [1.54, 1.807) is 17.0 Å². The molecule has 2 N–H and O–H groups in total. The first kappa shape index (κ1) is 22.2. The lowest BCUT2D eigenvalue weighted by Crippen LogP contribution is -2.43. The lowest BCUT2D eigenvalue weighted by Gasteiger charge is -2.31. The second-order valence-electron chi connectivity index (χ2n) is 7.34. The van der Waals surface area contributed by atoms with Gasteiger partial charge >= 0.3 is 6.03 Å². The Morgan fingerprint density at radius 1 is 1.03 bits per heavy atom. The fraction of sp³-hybridized carbons (Fsp3) is 0.273. The summed E-state index contributed by atoms with van der Waals surface area (Å²) in [6.45, 7) is 1.04. The maximum absolute atomic E-state index is 13.0. The summed E-state index contributed by atoms with van der Waals surface area (Å²) < 4.78 is 13.7. The first-order valence-corrected chi connectivity index (χ1v) is 12.0. The van der Waals surface area contributed by atoms with Crippen LogP contribution >= 0.6 is 23.1 Å². The molecule has 1 aromatic heterocycles. The van der Waals surface area contributed by atoms with Crippen LogP contribution in [0.5, 0.6) is 0 Å². The van der Waals surface area contributed by atoms with Gasteiger partial charge in [0.25, 0.3) is 0 Å². The van der Waals surface area contributed by atoms with Gasteiger partial charge in [-0.15, -0.1) is 10.2 Å². The summed E-state index contributed by atoms with van der Waals surface area (Å²) in [5.41, 5.74) is 1.74. The highest BCUT2D eigenvalue weighted by atomic mass is 32.2. The van der Waals surface area contributed by atoms with Crippen LogP contribution in [-0.4, -0.2) is 40.1 Å². The normalized spacial score (nSPS) is 14.2. The molecule has 166 valence electrons. The Kier molecular flexibility index (Phi) is 7.33. The molecule has 0 spiro atoms. The predicted molar refractivity (Wildman–Crippen MR) is 124 cm³/mol. The highest BCUT2D eigenvalue weighted by molar-refractivity contribution is 8.00. The quantitative estimate of drug-likeness (QED) is 0.396. The SMILES string of the molecule is O=C(Nc1nnc(SCc2ccc(F)cc2)s1)C1CCN(C(=O)Nc2ccccc2)CC1. The van der Waals surface area contributed by atoms with E-state index in [0.717, 1.165) is 15.6 Å². The Morgan fingerprint density at radius 3 is 2.47 bits per heavy atom. The van der Waals surface area contributed by atoms with Crippen molar-refractivity contribution in [3.63, 3.8) is 0 Å². The number of likely N-dealkylation sites (tertiary alicyclic amines) is 1. The monoisotopic (exact) mass is 471 g/mol. The lowest BCUT2D eigenvalue weighted by atomic mass is 9.96. The number of carbonyl (C=O) groups is 2. The molecule has 0 atom stereocenters. The van der Waals surface area contributed by atoms with Crippen molar-refractivity contribution >= 4 is 45.9 Å². The fourth-order valence-corrected chi connectivity index (χ4v) is 5.03. The van der Waals surface area contributed by atoms with E-state index >= 15 is 0 Å². The Morgan fingerprint density at radius 2 is 1.75 bits per heavy atom. The fourth-order valence-electron chi connectivity index (χ4n) is 3.32. The van der Waals surface area contributed by atoms with Gasteiger partial charge in [0.15, 0.2) is 4.34 Å². The van der Waals surface area contributed by atoms with Crippen LogP contribution in [0.4, 0.5) is 20.0 Å². The molecule has 2 heterocycles. The van der Waals surface area contributed by atoms with E-state index in [0.29, 0.717) is 36.8 Å². The molecule has 10 heteroatoms. The molecular formula is C22H22FN5O2S2.